The summed E-state index contributed by atoms with van der Waals surface area (Å²) in [6.07, 6.45) is 8.47. The van der Waals surface area contributed by atoms with Crippen molar-refractivity contribution in [3.63, 3.8) is 0 Å². The summed E-state index contributed by atoms with van der Waals surface area (Å²) < 4.78 is 12.0. The molecule has 4 aliphatic rings. The molecule has 4 heterocycles. The normalized spacial score (nSPS) is 21.1. The predicted octanol–water partition coefficient (Wildman–Crippen LogP) is 7.17. The van der Waals surface area contributed by atoms with Crippen molar-refractivity contribution in [1.82, 2.24) is 19.8 Å². The Morgan fingerprint density at radius 2 is 1.70 bits per heavy atom. The summed E-state index contributed by atoms with van der Waals surface area (Å²) in [5.74, 6) is 3.07. The van der Waals surface area contributed by atoms with Crippen LogP contribution in [-0.4, -0.2) is 90.2 Å². The molecule has 1 aliphatic carbocycles. The molecule has 4 aromatic rings. The van der Waals surface area contributed by atoms with E-state index in [1.807, 2.05) is 71.8 Å². The van der Waals surface area contributed by atoms with E-state index in [0.717, 1.165) is 74.2 Å². The van der Waals surface area contributed by atoms with Gasteiger partial charge in [0.05, 0.1) is 36.8 Å². The average molecular weight is 731 g/mol. The molecule has 0 radical (unpaired) electrons. The zero-order valence-electron chi connectivity index (χ0n) is 31.2. The average Bonchev–Trinajstić information content (AvgIpc) is 3.93. The largest absolute Gasteiger partial charge is 0.494 e. The second-order valence-corrected chi connectivity index (χ2v) is 14.6. The van der Waals surface area contributed by atoms with Crippen molar-refractivity contribution in [2.75, 3.05) is 67.0 Å². The van der Waals surface area contributed by atoms with E-state index in [-0.39, 0.29) is 11.9 Å². The van der Waals surface area contributed by atoms with Crippen LogP contribution in [0.25, 0.3) is 0 Å². The molecule has 12 nitrogen and oxygen atoms in total. The first kappa shape index (κ1) is 35.8. The van der Waals surface area contributed by atoms with Gasteiger partial charge in [-0.2, -0.15) is 0 Å². The molecular weight excluding hydrogens is 681 g/mol. The van der Waals surface area contributed by atoms with E-state index in [0.29, 0.717) is 47.5 Å². The Morgan fingerprint density at radius 1 is 0.889 bits per heavy atom. The molecule has 8 rings (SSSR count). The highest BCUT2D eigenvalue weighted by molar-refractivity contribution is 6.02. The van der Waals surface area contributed by atoms with Crippen molar-refractivity contribution in [2.45, 2.75) is 63.2 Å². The Labute approximate surface area is 317 Å². The number of piperazine rings is 1. The summed E-state index contributed by atoms with van der Waals surface area (Å²) in [6, 6.07) is 25.5. The molecule has 282 valence electrons. The fraction of sp³-hybridized carbons (Fsp3) is 0.405. The Morgan fingerprint density at radius 3 is 2.46 bits per heavy atom. The van der Waals surface area contributed by atoms with Gasteiger partial charge in [0, 0.05) is 69.4 Å². The number of hydrogen-bond donors (Lipinski definition) is 2. The van der Waals surface area contributed by atoms with E-state index in [1.54, 1.807) is 7.11 Å². The minimum absolute atomic E-state index is 0.0681. The molecule has 0 spiro atoms. The van der Waals surface area contributed by atoms with E-state index in [1.165, 1.54) is 31.8 Å². The number of ether oxygens (including phenoxy) is 2. The molecule has 1 aromatic heterocycles. The lowest BCUT2D eigenvalue weighted by Crippen LogP contribution is -2.57. The van der Waals surface area contributed by atoms with Crippen LogP contribution in [0.1, 0.15) is 50.6 Å². The summed E-state index contributed by atoms with van der Waals surface area (Å²) in [5.41, 5.74) is 3.33. The fourth-order valence-electron chi connectivity index (χ4n) is 8.21. The molecule has 2 N–H and O–H groups in total. The van der Waals surface area contributed by atoms with E-state index in [9.17, 15) is 4.79 Å². The van der Waals surface area contributed by atoms with E-state index < -0.39 is 0 Å². The number of carbonyl (C=O) groups is 1. The molecule has 2 atom stereocenters. The minimum atomic E-state index is -0.274. The number of hydroxylamine groups is 1. The summed E-state index contributed by atoms with van der Waals surface area (Å²) >= 11 is 0. The number of benzene rings is 3. The van der Waals surface area contributed by atoms with Crippen LogP contribution in [0.15, 0.2) is 91.8 Å². The third-order valence-corrected chi connectivity index (χ3v) is 11.1. The summed E-state index contributed by atoms with van der Waals surface area (Å²) in [4.78, 5) is 35.7. The molecule has 1 saturated carbocycles. The van der Waals surface area contributed by atoms with Gasteiger partial charge in [-0.3, -0.25) is 19.4 Å². The van der Waals surface area contributed by atoms with Crippen LogP contribution in [0, 0.1) is 0 Å². The van der Waals surface area contributed by atoms with E-state index >= 15 is 0 Å². The van der Waals surface area contributed by atoms with Gasteiger partial charge in [0.25, 0.3) is 0 Å². The number of carbonyl (C=O) groups excluding carboxylic acids is 1. The van der Waals surface area contributed by atoms with Crippen LogP contribution in [-0.2, 0) is 9.63 Å². The Balaban J connectivity index is 0.980. The lowest BCUT2D eigenvalue weighted by Gasteiger charge is -2.46. The maximum atomic E-state index is 12.7. The van der Waals surface area contributed by atoms with Gasteiger partial charge < -0.3 is 25.0 Å². The van der Waals surface area contributed by atoms with Crippen LogP contribution in [0.2, 0.25) is 0 Å². The lowest BCUT2D eigenvalue weighted by atomic mass is 9.99. The number of nitrogens with zero attached hydrogens (tertiary/aromatic N) is 6. The topological polar surface area (TPSA) is 108 Å². The molecule has 1 amide bonds. The first-order valence-corrected chi connectivity index (χ1v) is 19.2. The van der Waals surface area contributed by atoms with Crippen molar-refractivity contribution >= 4 is 34.6 Å². The summed E-state index contributed by atoms with van der Waals surface area (Å²) in [6.45, 7) is 11.9. The highest BCUT2D eigenvalue weighted by Crippen LogP contribution is 2.41. The molecule has 3 saturated heterocycles. The Kier molecular flexibility index (Phi) is 10.7. The number of methoxy groups -OCH3 is 1. The Hall–Kier alpha value is -5.17. The number of rotatable bonds is 12. The predicted molar refractivity (Wildman–Crippen MR) is 212 cm³/mol. The smallest absolute Gasteiger partial charge is 0.247 e. The van der Waals surface area contributed by atoms with Gasteiger partial charge in [0.15, 0.2) is 5.82 Å². The Bertz CT molecular complexity index is 1930. The van der Waals surface area contributed by atoms with Gasteiger partial charge in [-0.05, 0) is 74.6 Å². The van der Waals surface area contributed by atoms with E-state index in [2.05, 4.69) is 54.9 Å². The molecule has 0 unspecified atom stereocenters. The third-order valence-electron chi connectivity index (χ3n) is 11.1. The molecular formula is C42H50N8O4. The quantitative estimate of drug-likeness (QED) is 0.145. The number of aromatic nitrogens is 2. The van der Waals surface area contributed by atoms with Gasteiger partial charge in [-0.1, -0.05) is 36.9 Å². The van der Waals surface area contributed by atoms with Crippen molar-refractivity contribution in [3.05, 3.63) is 97.3 Å². The number of amides is 1. The third kappa shape index (κ3) is 8.01. The highest BCUT2D eigenvalue weighted by atomic mass is 16.7. The number of para-hydroxylation sites is 1. The number of piperidine rings is 1. The summed E-state index contributed by atoms with van der Waals surface area (Å²) in [7, 11) is 1.66. The van der Waals surface area contributed by atoms with Crippen LogP contribution in [0.4, 0.5) is 28.7 Å². The number of nitrogens with one attached hydrogen (secondary N) is 2. The molecule has 4 fully saturated rings. The zero-order valence-corrected chi connectivity index (χ0v) is 31.2. The maximum Gasteiger partial charge on any atom is 0.247 e. The van der Waals surface area contributed by atoms with Crippen LogP contribution >= 0.6 is 0 Å². The van der Waals surface area contributed by atoms with Crippen LogP contribution in [0.5, 0.6) is 17.2 Å². The standard InChI is InChI=1S/C42H50N8O4/c1-4-42(51)46-35-24-36(39(52-3)25-38(35)47-18-15-31(16-19-47)48-20-21-49(29(2)27-48)32-13-14-32)45-40-26-41(44-28-43-40)50-37(17-22-53-50)30-9-8-12-34(23-30)54-33-10-6-5-7-11-33/h4-12,23-26,28-29,31-32,37H,1,13-22,27H2,2-3H3,(H,46,51)(H,43,44,45)/t29-,37+/m0/s1. The molecule has 3 aromatic carbocycles. The summed E-state index contributed by atoms with van der Waals surface area (Å²) in [5, 5.41) is 8.32. The van der Waals surface area contributed by atoms with Gasteiger partial charge in [0.1, 0.15) is 29.4 Å². The number of anilines is 5. The van der Waals surface area contributed by atoms with Crippen molar-refractivity contribution in [2.24, 2.45) is 0 Å². The van der Waals surface area contributed by atoms with Crippen LogP contribution in [0.3, 0.4) is 0 Å². The minimum Gasteiger partial charge on any atom is -0.494 e. The first-order valence-electron chi connectivity index (χ1n) is 19.2. The second-order valence-electron chi connectivity index (χ2n) is 14.6. The number of hydrogen-bond acceptors (Lipinski definition) is 11. The van der Waals surface area contributed by atoms with Crippen molar-refractivity contribution in [3.8, 4) is 17.2 Å². The maximum absolute atomic E-state index is 12.7. The molecule has 54 heavy (non-hydrogen) atoms. The fourth-order valence-corrected chi connectivity index (χ4v) is 8.21. The van der Waals surface area contributed by atoms with Crippen molar-refractivity contribution < 1.29 is 19.1 Å². The molecule has 0 bridgehead atoms. The SMILES string of the molecule is C=CC(=O)Nc1cc(Nc2cc(N3OCC[C@@H]3c3cccc(Oc4ccccc4)c3)ncn2)c(OC)cc1N1CCC(N2CCN(C3CC3)[C@@H](C)C2)CC1. The lowest BCUT2D eigenvalue weighted by molar-refractivity contribution is -0.111. The van der Waals surface area contributed by atoms with Crippen molar-refractivity contribution in [1.29, 1.82) is 0 Å². The van der Waals surface area contributed by atoms with Crippen LogP contribution < -0.4 is 30.1 Å². The molecule has 12 heteroatoms. The second kappa shape index (κ2) is 16.1. The monoisotopic (exact) mass is 730 g/mol. The first-order chi connectivity index (χ1) is 26.4. The molecule has 3 aliphatic heterocycles. The highest BCUT2D eigenvalue weighted by Gasteiger charge is 2.38. The van der Waals surface area contributed by atoms with Gasteiger partial charge in [0.2, 0.25) is 5.91 Å². The van der Waals surface area contributed by atoms with E-state index in [4.69, 9.17) is 14.3 Å². The zero-order chi connectivity index (χ0) is 37.0. The van der Waals surface area contributed by atoms with Gasteiger partial charge >= 0.3 is 0 Å². The van der Waals surface area contributed by atoms with Gasteiger partial charge in [-0.15, -0.1) is 0 Å². The van der Waals surface area contributed by atoms with Gasteiger partial charge in [-0.25, -0.2) is 15.0 Å².